The zero-order valence-electron chi connectivity index (χ0n) is 11.7. The van der Waals surface area contributed by atoms with Gasteiger partial charge in [-0.25, -0.2) is 13.2 Å². The molecule has 1 fully saturated rings. The first-order valence-electron chi connectivity index (χ1n) is 6.51. The molecule has 2 heterocycles. The second-order valence-corrected chi connectivity index (χ2v) is 7.89. The highest BCUT2D eigenvalue weighted by molar-refractivity contribution is 7.88. The predicted molar refractivity (Wildman–Crippen MR) is 82.7 cm³/mol. The molecule has 0 aromatic carbocycles. The smallest absolute Gasteiger partial charge is 0.328 e. The van der Waals surface area contributed by atoms with Crippen molar-refractivity contribution in [2.75, 3.05) is 32.4 Å². The molecule has 0 amide bonds. The molecule has 1 aliphatic rings. The molecule has 0 spiro atoms. The molecule has 1 aromatic rings. The third-order valence-corrected chi connectivity index (χ3v) is 5.58. The van der Waals surface area contributed by atoms with E-state index in [4.69, 9.17) is 5.11 Å². The number of carboxylic acids is 1. The highest BCUT2D eigenvalue weighted by Gasteiger charge is 2.23. The van der Waals surface area contributed by atoms with Crippen LogP contribution in [0, 0.1) is 0 Å². The fourth-order valence-electron chi connectivity index (χ4n) is 2.21. The number of carbonyl (C=O) groups is 1. The number of aliphatic carboxylic acids is 1. The number of thiophene rings is 1. The topological polar surface area (TPSA) is 77.9 Å². The van der Waals surface area contributed by atoms with E-state index < -0.39 is 16.0 Å². The lowest BCUT2D eigenvalue weighted by molar-refractivity contribution is -0.131. The number of sulfonamides is 1. The maximum absolute atomic E-state index is 11.5. The van der Waals surface area contributed by atoms with E-state index in [1.54, 1.807) is 17.4 Å². The van der Waals surface area contributed by atoms with E-state index in [9.17, 15) is 13.2 Å². The quantitative estimate of drug-likeness (QED) is 0.813. The lowest BCUT2D eigenvalue weighted by atomic mass is 10.2. The standard InChI is InChI=1S/C13H18N2O4S2/c1-21(18,19)15-7-5-14(6-8-15)10-12-11(4-9-20-12)2-3-13(16)17/h2-4,9H,5-8,10H2,1H3,(H,16,17). The van der Waals surface area contributed by atoms with Crippen molar-refractivity contribution in [2.45, 2.75) is 6.54 Å². The molecule has 1 aliphatic heterocycles. The molecule has 0 aliphatic carbocycles. The van der Waals surface area contributed by atoms with Gasteiger partial charge in [-0.3, -0.25) is 4.90 Å². The summed E-state index contributed by atoms with van der Waals surface area (Å²) in [7, 11) is -3.10. The van der Waals surface area contributed by atoms with Crippen LogP contribution in [-0.4, -0.2) is 61.1 Å². The van der Waals surface area contributed by atoms with Crippen molar-refractivity contribution in [1.29, 1.82) is 0 Å². The number of carboxylic acid groups (broad SMARTS) is 1. The van der Waals surface area contributed by atoms with Crippen molar-refractivity contribution in [1.82, 2.24) is 9.21 Å². The van der Waals surface area contributed by atoms with Gasteiger partial charge in [0, 0.05) is 43.7 Å². The van der Waals surface area contributed by atoms with Crippen molar-refractivity contribution >= 4 is 33.4 Å². The molecule has 1 saturated heterocycles. The SMILES string of the molecule is CS(=O)(=O)N1CCN(Cc2sccc2C=CC(=O)O)CC1. The Morgan fingerprint density at radius 2 is 2.05 bits per heavy atom. The minimum Gasteiger partial charge on any atom is -0.478 e. The highest BCUT2D eigenvalue weighted by Crippen LogP contribution is 2.21. The molecular weight excluding hydrogens is 312 g/mol. The van der Waals surface area contributed by atoms with Crippen LogP contribution in [-0.2, 0) is 21.4 Å². The van der Waals surface area contributed by atoms with Crippen LogP contribution in [0.25, 0.3) is 6.08 Å². The lowest BCUT2D eigenvalue weighted by Gasteiger charge is -2.33. The Balaban J connectivity index is 1.95. The van der Waals surface area contributed by atoms with Crippen LogP contribution >= 0.6 is 11.3 Å². The molecule has 0 atom stereocenters. The second kappa shape index (κ2) is 6.69. The molecule has 2 rings (SSSR count). The van der Waals surface area contributed by atoms with Gasteiger partial charge in [0.05, 0.1) is 6.26 Å². The lowest BCUT2D eigenvalue weighted by Crippen LogP contribution is -2.47. The Hall–Kier alpha value is -1.22. The van der Waals surface area contributed by atoms with Crippen molar-refractivity contribution in [3.63, 3.8) is 0 Å². The van der Waals surface area contributed by atoms with Gasteiger partial charge in [-0.1, -0.05) is 0 Å². The van der Waals surface area contributed by atoms with E-state index in [-0.39, 0.29) is 0 Å². The average Bonchev–Trinajstić information content (AvgIpc) is 2.83. The van der Waals surface area contributed by atoms with Gasteiger partial charge in [-0.15, -0.1) is 11.3 Å². The van der Waals surface area contributed by atoms with E-state index in [1.807, 2.05) is 11.4 Å². The summed E-state index contributed by atoms with van der Waals surface area (Å²) >= 11 is 1.58. The first kappa shape index (κ1) is 16.2. The number of hydrogen-bond acceptors (Lipinski definition) is 5. The van der Waals surface area contributed by atoms with Gasteiger partial charge in [0.15, 0.2) is 0 Å². The van der Waals surface area contributed by atoms with Crippen molar-refractivity contribution in [2.24, 2.45) is 0 Å². The van der Waals surface area contributed by atoms with Gasteiger partial charge in [0.2, 0.25) is 10.0 Å². The van der Waals surface area contributed by atoms with Gasteiger partial charge in [-0.2, -0.15) is 4.31 Å². The zero-order valence-corrected chi connectivity index (χ0v) is 13.4. The van der Waals surface area contributed by atoms with Crippen LogP contribution in [0.15, 0.2) is 17.5 Å². The van der Waals surface area contributed by atoms with E-state index in [2.05, 4.69) is 4.90 Å². The van der Waals surface area contributed by atoms with E-state index >= 15 is 0 Å². The van der Waals surface area contributed by atoms with Gasteiger partial charge in [0.1, 0.15) is 0 Å². The number of hydrogen-bond donors (Lipinski definition) is 1. The molecule has 0 bridgehead atoms. The van der Waals surface area contributed by atoms with Crippen molar-refractivity contribution in [3.05, 3.63) is 28.0 Å². The largest absolute Gasteiger partial charge is 0.478 e. The Morgan fingerprint density at radius 3 is 2.62 bits per heavy atom. The predicted octanol–water partition coefficient (Wildman–Crippen LogP) is 0.923. The Morgan fingerprint density at radius 1 is 1.38 bits per heavy atom. The summed E-state index contributed by atoms with van der Waals surface area (Å²) in [5, 5.41) is 10.6. The maximum Gasteiger partial charge on any atom is 0.328 e. The molecular formula is C13H18N2O4S2. The summed E-state index contributed by atoms with van der Waals surface area (Å²) in [6.45, 7) is 3.10. The minimum absolute atomic E-state index is 0.504. The molecule has 21 heavy (non-hydrogen) atoms. The summed E-state index contributed by atoms with van der Waals surface area (Å²) in [4.78, 5) is 13.9. The zero-order chi connectivity index (χ0) is 15.5. The summed E-state index contributed by atoms with van der Waals surface area (Å²) in [6.07, 6.45) is 3.96. The second-order valence-electron chi connectivity index (χ2n) is 4.91. The fourth-order valence-corrected chi connectivity index (χ4v) is 3.95. The normalized spacial score (nSPS) is 18.3. The number of nitrogens with zero attached hydrogens (tertiary/aromatic N) is 2. The first-order chi connectivity index (χ1) is 9.86. The van der Waals surface area contributed by atoms with E-state index in [1.165, 1.54) is 10.6 Å². The summed E-state index contributed by atoms with van der Waals surface area (Å²) in [5.41, 5.74) is 0.910. The van der Waals surface area contributed by atoms with E-state index in [0.717, 1.165) is 16.5 Å². The monoisotopic (exact) mass is 330 g/mol. The van der Waals surface area contributed by atoms with Crippen molar-refractivity contribution < 1.29 is 18.3 Å². The Labute approximate surface area is 128 Å². The van der Waals surface area contributed by atoms with Crippen LogP contribution in [0.3, 0.4) is 0 Å². The van der Waals surface area contributed by atoms with Crippen LogP contribution < -0.4 is 0 Å². The van der Waals surface area contributed by atoms with Crippen LogP contribution in [0.2, 0.25) is 0 Å². The number of piperazine rings is 1. The molecule has 6 nitrogen and oxygen atoms in total. The van der Waals surface area contributed by atoms with Crippen LogP contribution in [0.4, 0.5) is 0 Å². The van der Waals surface area contributed by atoms with Crippen LogP contribution in [0.5, 0.6) is 0 Å². The van der Waals surface area contributed by atoms with Gasteiger partial charge in [-0.05, 0) is 23.1 Å². The summed E-state index contributed by atoms with van der Waals surface area (Å²) in [6, 6.07) is 1.90. The van der Waals surface area contributed by atoms with Crippen molar-refractivity contribution in [3.8, 4) is 0 Å². The van der Waals surface area contributed by atoms with E-state index in [0.29, 0.717) is 32.7 Å². The first-order valence-corrected chi connectivity index (χ1v) is 9.24. The minimum atomic E-state index is -3.10. The van der Waals surface area contributed by atoms with Gasteiger partial charge >= 0.3 is 5.97 Å². The molecule has 0 unspecified atom stereocenters. The molecule has 0 radical (unpaired) electrons. The Kier molecular flexibility index (Phi) is 5.15. The van der Waals surface area contributed by atoms with Gasteiger partial charge < -0.3 is 5.11 Å². The molecule has 0 saturated carbocycles. The third-order valence-electron chi connectivity index (χ3n) is 3.35. The molecule has 8 heteroatoms. The average molecular weight is 330 g/mol. The fraction of sp³-hybridized carbons (Fsp3) is 0.462. The van der Waals surface area contributed by atoms with Gasteiger partial charge in [0.25, 0.3) is 0 Å². The molecule has 1 N–H and O–H groups in total. The maximum atomic E-state index is 11.5. The summed E-state index contributed by atoms with van der Waals surface area (Å²) in [5.74, 6) is -0.964. The Bertz CT molecular complexity index is 628. The molecule has 1 aromatic heterocycles. The highest BCUT2D eigenvalue weighted by atomic mass is 32.2. The molecule has 116 valence electrons. The third kappa shape index (κ3) is 4.63. The van der Waals surface area contributed by atoms with Crippen LogP contribution in [0.1, 0.15) is 10.4 Å². The summed E-state index contributed by atoms with van der Waals surface area (Å²) < 4.78 is 24.4. The number of rotatable bonds is 5.